The van der Waals surface area contributed by atoms with Crippen LogP contribution in [0.2, 0.25) is 0 Å². The molecule has 0 saturated carbocycles. The van der Waals surface area contributed by atoms with Crippen LogP contribution in [0.4, 0.5) is 14.5 Å². The van der Waals surface area contributed by atoms with Crippen molar-refractivity contribution in [3.05, 3.63) is 39.4 Å². The number of rotatable bonds is 2. The molecule has 1 aromatic carbocycles. The van der Waals surface area contributed by atoms with Gasteiger partial charge in [-0.1, -0.05) is 0 Å². The quantitative estimate of drug-likeness (QED) is 0.643. The fourth-order valence-corrected chi connectivity index (χ4v) is 2.01. The van der Waals surface area contributed by atoms with E-state index in [-0.39, 0.29) is 12.6 Å². The Kier molecular flexibility index (Phi) is 3.43. The second-order valence-corrected chi connectivity index (χ2v) is 4.34. The topological polar surface area (TPSA) is 89.5 Å². The Balaban J connectivity index is 2.39. The lowest BCUT2D eigenvalue weighted by Gasteiger charge is -2.16. The van der Waals surface area contributed by atoms with Crippen molar-refractivity contribution in [2.45, 2.75) is 12.5 Å². The van der Waals surface area contributed by atoms with Crippen molar-refractivity contribution in [3.63, 3.8) is 0 Å². The first-order valence-electron chi connectivity index (χ1n) is 5.58. The lowest BCUT2D eigenvalue weighted by molar-refractivity contribution is -0.387. The average Bonchev–Trinajstić information content (AvgIpc) is 2.77. The number of nitro groups is 1. The Morgan fingerprint density at radius 1 is 1.47 bits per heavy atom. The van der Waals surface area contributed by atoms with E-state index < -0.39 is 33.7 Å². The van der Waals surface area contributed by atoms with Gasteiger partial charge in [-0.2, -0.15) is 4.39 Å². The molecular weight excluding hydrogens is 260 g/mol. The van der Waals surface area contributed by atoms with E-state index >= 15 is 0 Å². The van der Waals surface area contributed by atoms with Crippen molar-refractivity contribution < 1.29 is 18.5 Å². The van der Waals surface area contributed by atoms with E-state index in [4.69, 9.17) is 5.73 Å². The summed E-state index contributed by atoms with van der Waals surface area (Å²) in [5.74, 6) is -3.13. The molecule has 1 fully saturated rings. The maximum Gasteiger partial charge on any atom is 0.308 e. The third-order valence-corrected chi connectivity index (χ3v) is 2.96. The third kappa shape index (κ3) is 2.53. The summed E-state index contributed by atoms with van der Waals surface area (Å²) < 4.78 is 27.0. The summed E-state index contributed by atoms with van der Waals surface area (Å²) in [6.45, 7) is 0.548. The molecule has 0 radical (unpaired) electrons. The minimum atomic E-state index is -1.32. The van der Waals surface area contributed by atoms with Crippen LogP contribution in [-0.2, 0) is 0 Å². The number of benzene rings is 1. The minimum absolute atomic E-state index is 0.212. The molecule has 1 atom stereocenters. The van der Waals surface area contributed by atoms with E-state index in [2.05, 4.69) is 0 Å². The van der Waals surface area contributed by atoms with Gasteiger partial charge in [0, 0.05) is 19.1 Å². The van der Waals surface area contributed by atoms with Gasteiger partial charge in [-0.3, -0.25) is 14.9 Å². The molecule has 0 bridgehead atoms. The maximum atomic E-state index is 13.8. The molecule has 2 N–H and O–H groups in total. The number of likely N-dealkylation sites (tertiary alicyclic amines) is 1. The molecule has 1 aliphatic heterocycles. The number of amides is 1. The van der Waals surface area contributed by atoms with Crippen LogP contribution in [-0.4, -0.2) is 34.9 Å². The Hall–Kier alpha value is -2.09. The average molecular weight is 271 g/mol. The van der Waals surface area contributed by atoms with Crippen LogP contribution in [0.5, 0.6) is 0 Å². The largest absolute Gasteiger partial charge is 0.337 e. The van der Waals surface area contributed by atoms with Crippen LogP contribution in [0.3, 0.4) is 0 Å². The first-order valence-corrected chi connectivity index (χ1v) is 5.58. The molecule has 6 nitrogen and oxygen atoms in total. The van der Waals surface area contributed by atoms with Crippen molar-refractivity contribution in [2.75, 3.05) is 13.1 Å². The smallest absolute Gasteiger partial charge is 0.308 e. The highest BCUT2D eigenvalue weighted by atomic mass is 19.1. The molecule has 2 rings (SSSR count). The molecule has 0 unspecified atom stereocenters. The van der Waals surface area contributed by atoms with Gasteiger partial charge in [0.1, 0.15) is 5.82 Å². The van der Waals surface area contributed by atoms with E-state index in [1.54, 1.807) is 0 Å². The highest BCUT2D eigenvalue weighted by molar-refractivity contribution is 5.95. The van der Waals surface area contributed by atoms with Crippen LogP contribution in [0.1, 0.15) is 16.8 Å². The van der Waals surface area contributed by atoms with Crippen LogP contribution in [0, 0.1) is 21.7 Å². The van der Waals surface area contributed by atoms with E-state index in [0.717, 1.165) is 0 Å². The Morgan fingerprint density at radius 2 is 2.16 bits per heavy atom. The molecule has 1 saturated heterocycles. The summed E-state index contributed by atoms with van der Waals surface area (Å²) in [6.07, 6.45) is 0.560. The number of carbonyl (C=O) groups excluding carboxylic acids is 1. The zero-order valence-electron chi connectivity index (χ0n) is 9.81. The van der Waals surface area contributed by atoms with Crippen LogP contribution < -0.4 is 5.73 Å². The van der Waals surface area contributed by atoms with E-state index in [1.807, 2.05) is 0 Å². The van der Waals surface area contributed by atoms with Crippen molar-refractivity contribution >= 4 is 11.6 Å². The molecule has 8 heteroatoms. The zero-order valence-corrected chi connectivity index (χ0v) is 9.81. The summed E-state index contributed by atoms with van der Waals surface area (Å²) in [6, 6.07) is 0.895. The predicted octanol–water partition coefficient (Wildman–Crippen LogP) is 1.05. The second-order valence-electron chi connectivity index (χ2n) is 4.34. The van der Waals surface area contributed by atoms with Gasteiger partial charge < -0.3 is 10.6 Å². The number of nitrogens with zero attached hydrogens (tertiary/aromatic N) is 2. The summed E-state index contributed by atoms with van der Waals surface area (Å²) in [7, 11) is 0. The molecular formula is C11H11F2N3O3. The minimum Gasteiger partial charge on any atom is -0.337 e. The number of hydrogen-bond acceptors (Lipinski definition) is 4. The lowest BCUT2D eigenvalue weighted by Crippen LogP contribution is -2.32. The number of nitro benzene ring substituents is 1. The van der Waals surface area contributed by atoms with Gasteiger partial charge in [0.2, 0.25) is 5.82 Å². The zero-order chi connectivity index (χ0) is 14.2. The highest BCUT2D eigenvalue weighted by Crippen LogP contribution is 2.24. The maximum absolute atomic E-state index is 13.8. The molecule has 1 aliphatic rings. The number of carbonyl (C=O) groups is 1. The first kappa shape index (κ1) is 13.3. The van der Waals surface area contributed by atoms with Gasteiger partial charge in [-0.15, -0.1) is 0 Å². The number of nitrogens with two attached hydrogens (primary N) is 1. The van der Waals surface area contributed by atoms with Crippen molar-refractivity contribution in [1.82, 2.24) is 4.90 Å². The Morgan fingerprint density at radius 3 is 2.68 bits per heavy atom. The fraction of sp³-hybridized carbons (Fsp3) is 0.364. The predicted molar refractivity (Wildman–Crippen MR) is 61.5 cm³/mol. The van der Waals surface area contributed by atoms with Gasteiger partial charge in [-0.05, 0) is 12.5 Å². The Bertz CT molecular complexity index is 550. The SMILES string of the molecule is N[C@@H]1CCN(C(=O)c2cc(F)cc([N+](=O)[O-])c2F)C1. The molecule has 19 heavy (non-hydrogen) atoms. The molecule has 1 amide bonds. The summed E-state index contributed by atoms with van der Waals surface area (Å²) in [5, 5.41) is 10.6. The normalized spacial score (nSPS) is 18.7. The summed E-state index contributed by atoms with van der Waals surface area (Å²) in [5.41, 5.74) is 3.93. The van der Waals surface area contributed by atoms with Crippen LogP contribution in [0.25, 0.3) is 0 Å². The van der Waals surface area contributed by atoms with E-state index in [0.29, 0.717) is 25.1 Å². The molecule has 0 spiro atoms. The van der Waals surface area contributed by atoms with Gasteiger partial charge in [0.15, 0.2) is 0 Å². The fourth-order valence-electron chi connectivity index (χ4n) is 2.01. The Labute approximate surface area is 106 Å². The van der Waals surface area contributed by atoms with Crippen LogP contribution in [0.15, 0.2) is 12.1 Å². The van der Waals surface area contributed by atoms with Gasteiger partial charge >= 0.3 is 5.69 Å². The monoisotopic (exact) mass is 271 g/mol. The van der Waals surface area contributed by atoms with Gasteiger partial charge in [-0.25, -0.2) is 4.39 Å². The number of hydrogen-bond donors (Lipinski definition) is 1. The molecule has 0 aromatic heterocycles. The van der Waals surface area contributed by atoms with Gasteiger partial charge in [0.25, 0.3) is 5.91 Å². The number of halogens is 2. The summed E-state index contributed by atoms with van der Waals surface area (Å²) in [4.78, 5) is 22.7. The molecule has 1 heterocycles. The van der Waals surface area contributed by atoms with Crippen molar-refractivity contribution in [3.8, 4) is 0 Å². The molecule has 102 valence electrons. The molecule has 1 aromatic rings. The standard InChI is InChI=1S/C11H11F2N3O3/c12-6-3-8(10(13)9(4-6)16(18)19)11(17)15-2-1-7(14)5-15/h3-4,7H,1-2,5,14H2/t7-/m1/s1. The third-order valence-electron chi connectivity index (χ3n) is 2.96. The second kappa shape index (κ2) is 4.88. The molecule has 0 aliphatic carbocycles. The van der Waals surface area contributed by atoms with E-state index in [9.17, 15) is 23.7 Å². The van der Waals surface area contributed by atoms with Crippen LogP contribution >= 0.6 is 0 Å². The van der Waals surface area contributed by atoms with Gasteiger partial charge in [0.05, 0.1) is 16.6 Å². The highest BCUT2D eigenvalue weighted by Gasteiger charge is 2.30. The van der Waals surface area contributed by atoms with Crippen molar-refractivity contribution in [2.24, 2.45) is 5.73 Å². The lowest BCUT2D eigenvalue weighted by atomic mass is 10.1. The first-order chi connectivity index (χ1) is 8.90. The van der Waals surface area contributed by atoms with E-state index in [1.165, 1.54) is 4.90 Å². The van der Waals surface area contributed by atoms with Crippen molar-refractivity contribution in [1.29, 1.82) is 0 Å². The summed E-state index contributed by atoms with van der Waals surface area (Å²) >= 11 is 0.